The van der Waals surface area contributed by atoms with E-state index in [1.807, 2.05) is 18.2 Å². The Labute approximate surface area is 223 Å². The monoisotopic (exact) mass is 521 g/mol. The maximum atomic E-state index is 12.7. The van der Waals surface area contributed by atoms with Gasteiger partial charge in [-0.2, -0.15) is 0 Å². The van der Waals surface area contributed by atoms with Gasteiger partial charge in [0.15, 0.2) is 11.5 Å². The number of rotatable bonds is 9. The molecule has 2 N–H and O–H groups in total. The zero-order chi connectivity index (χ0) is 25.7. The van der Waals surface area contributed by atoms with Gasteiger partial charge in [0.1, 0.15) is 5.76 Å². The van der Waals surface area contributed by atoms with Gasteiger partial charge in [0, 0.05) is 24.0 Å². The summed E-state index contributed by atoms with van der Waals surface area (Å²) in [5.41, 5.74) is 2.62. The summed E-state index contributed by atoms with van der Waals surface area (Å²) in [6, 6.07) is 21.1. The number of urea groups is 1. The van der Waals surface area contributed by atoms with Crippen LogP contribution in [0.4, 0.5) is 4.79 Å². The molecule has 1 aliphatic heterocycles. The first-order chi connectivity index (χ1) is 18.1. The van der Waals surface area contributed by atoms with Gasteiger partial charge >= 0.3 is 6.03 Å². The van der Waals surface area contributed by atoms with E-state index in [1.54, 1.807) is 20.5 Å². The Hall–Kier alpha value is -3.10. The van der Waals surface area contributed by atoms with Crippen molar-refractivity contribution in [3.05, 3.63) is 83.8 Å². The van der Waals surface area contributed by atoms with Crippen LogP contribution in [0, 0.1) is 0 Å². The fraction of sp³-hybridized carbons (Fsp3) is 0.414. The van der Waals surface area contributed by atoms with Crippen molar-refractivity contribution >= 4 is 18.0 Å². The number of nitrogens with one attached hydrogen (secondary N) is 2. The van der Waals surface area contributed by atoms with Crippen LogP contribution >= 0.6 is 11.9 Å². The van der Waals surface area contributed by atoms with Gasteiger partial charge in [0.05, 0.1) is 26.2 Å². The Kier molecular flexibility index (Phi) is 7.96. The van der Waals surface area contributed by atoms with Gasteiger partial charge in [-0.15, -0.1) is 0 Å². The van der Waals surface area contributed by atoms with Crippen LogP contribution in [-0.4, -0.2) is 43.8 Å². The second-order valence-electron chi connectivity index (χ2n) is 9.86. The summed E-state index contributed by atoms with van der Waals surface area (Å²) in [4.78, 5) is 15.3. The van der Waals surface area contributed by atoms with Crippen molar-refractivity contribution in [2.45, 2.75) is 55.5 Å². The first kappa shape index (κ1) is 25.5. The van der Waals surface area contributed by atoms with Crippen molar-refractivity contribution in [3.63, 3.8) is 0 Å². The minimum absolute atomic E-state index is 0.0109. The molecule has 1 saturated carbocycles. The second-order valence-corrected chi connectivity index (χ2v) is 10.6. The molecule has 1 aromatic heterocycles. The molecule has 196 valence electrons. The molecule has 0 bridgehead atoms. The molecule has 0 radical (unpaired) electrons. The Morgan fingerprint density at radius 1 is 1.08 bits per heavy atom. The van der Waals surface area contributed by atoms with Gasteiger partial charge in [0.2, 0.25) is 0 Å². The lowest BCUT2D eigenvalue weighted by atomic mass is 9.65. The van der Waals surface area contributed by atoms with Gasteiger partial charge in [-0.1, -0.05) is 36.4 Å². The van der Waals surface area contributed by atoms with Crippen LogP contribution in [0.2, 0.25) is 0 Å². The fourth-order valence-electron chi connectivity index (χ4n) is 6.05. The van der Waals surface area contributed by atoms with E-state index in [2.05, 4.69) is 57.4 Å². The first-order valence-electron chi connectivity index (χ1n) is 12.8. The molecule has 1 aliphatic carbocycles. The molecule has 8 heteroatoms. The van der Waals surface area contributed by atoms with E-state index in [9.17, 15) is 4.79 Å². The average Bonchev–Trinajstić information content (AvgIpc) is 3.58. The first-order valence-corrected chi connectivity index (χ1v) is 13.8. The molecule has 2 amide bonds. The highest BCUT2D eigenvalue weighted by Gasteiger charge is 2.51. The number of likely N-dealkylation sites (tertiary alicyclic amines) is 1. The van der Waals surface area contributed by atoms with E-state index in [-0.39, 0.29) is 17.5 Å². The number of hydrogen-bond donors (Lipinski definition) is 2. The maximum absolute atomic E-state index is 12.7. The normalized spacial score (nSPS) is 23.3. The van der Waals surface area contributed by atoms with Crippen molar-refractivity contribution in [2.75, 3.05) is 20.8 Å². The number of carbonyl (C=O) groups excluding carboxylic acids is 1. The third kappa shape index (κ3) is 5.60. The lowest BCUT2D eigenvalue weighted by Crippen LogP contribution is -2.53. The lowest BCUT2D eigenvalue weighted by molar-refractivity contribution is 0.130. The van der Waals surface area contributed by atoms with Gasteiger partial charge < -0.3 is 19.2 Å². The molecule has 37 heavy (non-hydrogen) atoms. The maximum Gasteiger partial charge on any atom is 0.324 e. The molecule has 0 spiro atoms. The van der Waals surface area contributed by atoms with Crippen LogP contribution in [0.15, 0.2) is 71.3 Å². The predicted molar refractivity (Wildman–Crippen MR) is 146 cm³/mol. The van der Waals surface area contributed by atoms with E-state index >= 15 is 0 Å². The Morgan fingerprint density at radius 3 is 2.68 bits per heavy atom. The summed E-state index contributed by atoms with van der Waals surface area (Å²) in [5, 5.41) is 3.23. The van der Waals surface area contributed by atoms with Crippen molar-refractivity contribution in [1.29, 1.82) is 0 Å². The number of methoxy groups -OCH3 is 2. The highest BCUT2D eigenvalue weighted by molar-refractivity contribution is 7.97. The smallest absolute Gasteiger partial charge is 0.324 e. The molecule has 2 aromatic carbocycles. The van der Waals surface area contributed by atoms with Crippen molar-refractivity contribution < 1.29 is 18.7 Å². The highest BCUT2D eigenvalue weighted by Crippen LogP contribution is 2.50. The van der Waals surface area contributed by atoms with Crippen molar-refractivity contribution in [3.8, 4) is 11.5 Å². The van der Waals surface area contributed by atoms with Crippen molar-refractivity contribution in [1.82, 2.24) is 14.9 Å². The third-order valence-corrected chi connectivity index (χ3v) is 8.61. The average molecular weight is 522 g/mol. The highest BCUT2D eigenvalue weighted by atomic mass is 32.2. The lowest BCUT2D eigenvalue weighted by Gasteiger charge is -2.45. The molecule has 3 unspecified atom stereocenters. The molecule has 2 aliphatic rings. The van der Waals surface area contributed by atoms with Crippen LogP contribution < -0.4 is 19.5 Å². The molecule has 1 saturated heterocycles. The Balaban J connectivity index is 1.32. The fourth-order valence-corrected chi connectivity index (χ4v) is 6.62. The number of ether oxygens (including phenoxy) is 2. The van der Waals surface area contributed by atoms with Crippen LogP contribution in [0.1, 0.15) is 42.6 Å². The molecule has 2 fully saturated rings. The van der Waals surface area contributed by atoms with Crippen LogP contribution in [0.25, 0.3) is 0 Å². The molecule has 2 heterocycles. The number of fused-ring (bicyclic) bond motifs is 1. The summed E-state index contributed by atoms with van der Waals surface area (Å²) >= 11 is 1.34. The summed E-state index contributed by atoms with van der Waals surface area (Å²) in [6.45, 7) is 1.92. The third-order valence-electron chi connectivity index (χ3n) is 7.85. The zero-order valence-corrected chi connectivity index (χ0v) is 22.3. The van der Waals surface area contributed by atoms with E-state index in [4.69, 9.17) is 13.9 Å². The number of amides is 2. The Bertz CT molecular complexity index is 1170. The molecule has 7 nitrogen and oxygen atoms in total. The molecular formula is C29H35N3O4S. The largest absolute Gasteiger partial charge is 0.493 e. The zero-order valence-electron chi connectivity index (χ0n) is 21.4. The van der Waals surface area contributed by atoms with Crippen molar-refractivity contribution in [2.24, 2.45) is 0 Å². The second kappa shape index (κ2) is 11.5. The van der Waals surface area contributed by atoms with Crippen LogP contribution in [-0.2, 0) is 17.7 Å². The number of furan rings is 1. The standard InChI is InChI=1S/C29H35N3O4S/c1-34-25-11-10-22(17-26(25)35-2)29-13-12-23(30-28(33)31-37-20-24-9-6-16-36-24)18-27(29)32(15-14-29)19-21-7-4-3-5-8-21/h3-11,16-17,23,27H,12-15,18-20H2,1-2H3,(H2,30,31,33). The summed E-state index contributed by atoms with van der Waals surface area (Å²) < 4.78 is 19.4. The quantitative estimate of drug-likeness (QED) is 0.362. The van der Waals surface area contributed by atoms with E-state index in [1.165, 1.54) is 23.1 Å². The van der Waals surface area contributed by atoms with Gasteiger partial charge in [-0.05, 0) is 79.6 Å². The van der Waals surface area contributed by atoms with Gasteiger partial charge in [-0.25, -0.2) is 4.79 Å². The van der Waals surface area contributed by atoms with Gasteiger partial charge in [0.25, 0.3) is 0 Å². The summed E-state index contributed by atoms with van der Waals surface area (Å²) in [7, 11) is 3.36. The topological polar surface area (TPSA) is 76.0 Å². The van der Waals surface area contributed by atoms with Gasteiger partial charge in [-0.3, -0.25) is 9.62 Å². The molecule has 3 aromatic rings. The molecule has 5 rings (SSSR count). The minimum atomic E-state index is -0.146. The number of benzene rings is 2. The van der Waals surface area contributed by atoms with E-state index in [0.29, 0.717) is 11.8 Å². The van der Waals surface area contributed by atoms with E-state index < -0.39 is 0 Å². The summed E-state index contributed by atoms with van der Waals surface area (Å²) in [5.74, 6) is 2.95. The minimum Gasteiger partial charge on any atom is -0.493 e. The predicted octanol–water partition coefficient (Wildman–Crippen LogP) is 5.51. The van der Waals surface area contributed by atoms with E-state index in [0.717, 1.165) is 56.0 Å². The molecule has 3 atom stereocenters. The SMILES string of the molecule is COc1ccc(C23CCC(NC(=O)NSCc4ccco4)CC2N(Cc2ccccc2)CC3)cc1OC. The summed E-state index contributed by atoms with van der Waals surface area (Å²) in [6.07, 6.45) is 5.56. The van der Waals surface area contributed by atoms with Crippen LogP contribution in [0.3, 0.4) is 0 Å². The number of nitrogens with zero attached hydrogens (tertiary/aromatic N) is 1. The number of hydrogen-bond acceptors (Lipinski definition) is 6. The van der Waals surface area contributed by atoms with Crippen LogP contribution in [0.5, 0.6) is 11.5 Å². The Morgan fingerprint density at radius 2 is 1.92 bits per heavy atom. The molecular weight excluding hydrogens is 486 g/mol. The number of carbonyl (C=O) groups is 1.